The van der Waals surface area contributed by atoms with Crippen LogP contribution in [0, 0.1) is 13.8 Å². The lowest BCUT2D eigenvalue weighted by Crippen LogP contribution is -2.15. The lowest BCUT2D eigenvalue weighted by molar-refractivity contribution is 0.577. The minimum absolute atomic E-state index is 0.0590. The normalized spacial score (nSPS) is 11.8. The Bertz CT molecular complexity index is 972. The summed E-state index contributed by atoms with van der Waals surface area (Å²) in [7, 11) is -3.68. The van der Waals surface area contributed by atoms with Crippen molar-refractivity contribution in [2.75, 3.05) is 0 Å². The Morgan fingerprint density at radius 3 is 2.67 bits per heavy atom. The van der Waals surface area contributed by atoms with E-state index in [1.807, 2.05) is 38.1 Å². The summed E-state index contributed by atoms with van der Waals surface area (Å²) in [5, 5.41) is 7.83. The Labute approximate surface area is 140 Å². The van der Waals surface area contributed by atoms with Crippen LogP contribution in [-0.4, -0.2) is 32.7 Å². The van der Waals surface area contributed by atoms with Crippen LogP contribution in [0.4, 0.5) is 0 Å². The highest BCUT2D eigenvalue weighted by Crippen LogP contribution is 2.20. The number of hydrogen-bond acceptors (Lipinski definition) is 5. The Balaban J connectivity index is 2.07. The minimum atomic E-state index is -3.68. The van der Waals surface area contributed by atoms with Gasteiger partial charge in [0.15, 0.2) is 0 Å². The van der Waals surface area contributed by atoms with Crippen LogP contribution in [0.5, 0.6) is 0 Å². The number of hydrogen-bond donors (Lipinski definition) is 0. The van der Waals surface area contributed by atoms with Crippen LogP contribution in [0.15, 0.2) is 41.8 Å². The third kappa shape index (κ3) is 2.96. The molecule has 0 saturated heterocycles. The maximum Gasteiger partial charge on any atom is 0.254 e. The molecule has 0 aliphatic rings. The van der Waals surface area contributed by atoms with Crippen molar-refractivity contribution >= 4 is 9.84 Å². The van der Waals surface area contributed by atoms with Crippen LogP contribution in [0.2, 0.25) is 0 Å². The van der Waals surface area contributed by atoms with Gasteiger partial charge in [0, 0.05) is 24.6 Å². The quantitative estimate of drug-likeness (QED) is 0.707. The van der Waals surface area contributed by atoms with Crippen LogP contribution in [0.1, 0.15) is 24.1 Å². The molecule has 0 aliphatic heterocycles. The van der Waals surface area contributed by atoms with Gasteiger partial charge in [-0.1, -0.05) is 12.1 Å². The zero-order valence-electron chi connectivity index (χ0n) is 13.8. The average Bonchev–Trinajstić information content (AvgIpc) is 3.13. The van der Waals surface area contributed by atoms with Crippen molar-refractivity contribution in [2.45, 2.75) is 38.2 Å². The molecule has 0 unspecified atom stereocenters. The fraction of sp³-hybridized carbons (Fsp3) is 0.312. The van der Waals surface area contributed by atoms with E-state index < -0.39 is 9.84 Å². The van der Waals surface area contributed by atoms with Crippen molar-refractivity contribution in [3.05, 3.63) is 53.9 Å². The number of aryl methyl sites for hydroxylation is 3. The third-order valence-electron chi connectivity index (χ3n) is 3.79. The minimum Gasteiger partial charge on any atom is -0.334 e. The van der Waals surface area contributed by atoms with E-state index in [0.29, 0.717) is 18.2 Å². The van der Waals surface area contributed by atoms with Crippen molar-refractivity contribution < 1.29 is 8.42 Å². The number of rotatable bonds is 5. The molecule has 0 N–H and O–H groups in total. The Morgan fingerprint density at radius 1 is 1.17 bits per heavy atom. The van der Waals surface area contributed by atoms with E-state index in [9.17, 15) is 8.42 Å². The molecule has 7 nitrogen and oxygen atoms in total. The summed E-state index contributed by atoms with van der Waals surface area (Å²) in [6, 6.07) is 7.58. The highest BCUT2D eigenvalue weighted by atomic mass is 32.2. The van der Waals surface area contributed by atoms with E-state index >= 15 is 0 Å². The van der Waals surface area contributed by atoms with Gasteiger partial charge in [-0.3, -0.25) is 4.57 Å². The van der Waals surface area contributed by atoms with E-state index in [-0.39, 0.29) is 10.9 Å². The van der Waals surface area contributed by atoms with Crippen molar-refractivity contribution in [3.8, 4) is 5.69 Å². The number of imidazole rings is 1. The first-order valence-electron chi connectivity index (χ1n) is 7.64. The van der Waals surface area contributed by atoms with Crippen molar-refractivity contribution in [2.24, 2.45) is 0 Å². The molecule has 3 aromatic rings. The summed E-state index contributed by atoms with van der Waals surface area (Å²) in [5.74, 6) is 0.810. The molecule has 0 bridgehead atoms. The van der Waals surface area contributed by atoms with Crippen LogP contribution < -0.4 is 0 Å². The number of sulfone groups is 1. The van der Waals surface area contributed by atoms with Gasteiger partial charge >= 0.3 is 0 Å². The molecule has 0 fully saturated rings. The third-order valence-corrected chi connectivity index (χ3v) is 5.25. The first-order valence-corrected chi connectivity index (χ1v) is 9.29. The molecule has 3 rings (SSSR count). The maximum absolute atomic E-state index is 12.9. The zero-order chi connectivity index (χ0) is 17.3. The molecule has 1 aromatic carbocycles. The average molecular weight is 345 g/mol. The van der Waals surface area contributed by atoms with Crippen molar-refractivity contribution in [1.29, 1.82) is 0 Å². The lowest BCUT2D eigenvalue weighted by atomic mass is 10.2. The van der Waals surface area contributed by atoms with Gasteiger partial charge in [-0.05, 0) is 38.5 Å². The predicted molar refractivity (Wildman–Crippen MR) is 89.6 cm³/mol. The van der Waals surface area contributed by atoms with Crippen molar-refractivity contribution in [3.63, 3.8) is 0 Å². The number of nitrogens with zero attached hydrogens (tertiary/aromatic N) is 5. The summed E-state index contributed by atoms with van der Waals surface area (Å²) in [6.45, 7) is 6.29. The highest BCUT2D eigenvalue weighted by molar-refractivity contribution is 7.90. The Morgan fingerprint density at radius 2 is 1.96 bits per heavy atom. The van der Waals surface area contributed by atoms with Gasteiger partial charge in [0.25, 0.3) is 5.16 Å². The van der Waals surface area contributed by atoms with Gasteiger partial charge in [0.1, 0.15) is 17.4 Å². The van der Waals surface area contributed by atoms with Gasteiger partial charge in [-0.15, -0.1) is 10.2 Å². The molecule has 8 heteroatoms. The molecule has 2 heterocycles. The SMILES string of the molecule is CCn1ccnc1CS(=O)(=O)c1nnc(C)n1-c1cccc(C)c1. The molecule has 0 spiro atoms. The second-order valence-electron chi connectivity index (χ2n) is 5.59. The van der Waals surface area contributed by atoms with Crippen molar-refractivity contribution in [1.82, 2.24) is 24.3 Å². The zero-order valence-corrected chi connectivity index (χ0v) is 14.7. The molecule has 126 valence electrons. The summed E-state index contributed by atoms with van der Waals surface area (Å²) in [6.07, 6.45) is 3.37. The largest absolute Gasteiger partial charge is 0.334 e. The van der Waals surface area contributed by atoms with Gasteiger partial charge in [-0.2, -0.15) is 0 Å². The highest BCUT2D eigenvalue weighted by Gasteiger charge is 2.26. The Kier molecular flexibility index (Phi) is 4.23. The molecular formula is C16H19N5O2S. The second kappa shape index (κ2) is 6.20. The van der Waals surface area contributed by atoms with E-state index in [2.05, 4.69) is 15.2 Å². The molecular weight excluding hydrogens is 326 g/mol. The Hall–Kier alpha value is -2.48. The molecule has 0 amide bonds. The van der Waals surface area contributed by atoms with Gasteiger partial charge in [-0.25, -0.2) is 13.4 Å². The number of benzene rings is 1. The molecule has 0 atom stereocenters. The summed E-state index contributed by atoms with van der Waals surface area (Å²) in [4.78, 5) is 4.15. The fourth-order valence-electron chi connectivity index (χ4n) is 2.61. The van der Waals surface area contributed by atoms with Crippen LogP contribution in [-0.2, 0) is 22.1 Å². The van der Waals surface area contributed by atoms with Gasteiger partial charge in [0.05, 0.1) is 0 Å². The molecule has 0 aliphatic carbocycles. The second-order valence-corrected chi connectivity index (χ2v) is 7.48. The van der Waals surface area contributed by atoms with E-state index in [1.54, 1.807) is 28.5 Å². The number of aromatic nitrogens is 5. The molecule has 24 heavy (non-hydrogen) atoms. The summed E-state index contributed by atoms with van der Waals surface area (Å²) < 4.78 is 29.1. The first-order chi connectivity index (χ1) is 11.4. The predicted octanol–water partition coefficient (Wildman–Crippen LogP) is 2.07. The maximum atomic E-state index is 12.9. The summed E-state index contributed by atoms with van der Waals surface area (Å²) >= 11 is 0. The smallest absolute Gasteiger partial charge is 0.254 e. The molecule has 0 radical (unpaired) electrons. The van der Waals surface area contributed by atoms with E-state index in [4.69, 9.17) is 0 Å². The first kappa shape index (κ1) is 16.4. The standard InChI is InChI=1S/C16H19N5O2S/c1-4-20-9-8-17-15(20)11-24(22,23)16-19-18-13(3)21(16)14-7-5-6-12(2)10-14/h5-10H,4,11H2,1-3H3. The van der Waals surface area contributed by atoms with Crippen LogP contribution in [0.25, 0.3) is 5.69 Å². The van der Waals surface area contributed by atoms with Crippen LogP contribution in [0.3, 0.4) is 0 Å². The summed E-state index contributed by atoms with van der Waals surface area (Å²) in [5.41, 5.74) is 1.76. The lowest BCUT2D eigenvalue weighted by Gasteiger charge is -2.10. The van der Waals surface area contributed by atoms with Gasteiger partial charge < -0.3 is 4.57 Å². The fourth-order valence-corrected chi connectivity index (χ4v) is 4.00. The van der Waals surface area contributed by atoms with Gasteiger partial charge in [0.2, 0.25) is 9.84 Å². The van der Waals surface area contributed by atoms with Crippen LogP contribution >= 0.6 is 0 Å². The van der Waals surface area contributed by atoms with E-state index in [0.717, 1.165) is 11.3 Å². The monoisotopic (exact) mass is 345 g/mol. The molecule has 0 saturated carbocycles. The molecule has 2 aromatic heterocycles. The van der Waals surface area contributed by atoms with E-state index in [1.165, 1.54) is 0 Å². The topological polar surface area (TPSA) is 82.7 Å².